The molecule has 1 amide bonds. The summed E-state index contributed by atoms with van der Waals surface area (Å²) >= 11 is 1.45. The van der Waals surface area contributed by atoms with E-state index in [4.69, 9.17) is 0 Å². The fraction of sp³-hybridized carbons (Fsp3) is 0.333. The van der Waals surface area contributed by atoms with Crippen molar-refractivity contribution >= 4 is 47.2 Å². The highest BCUT2D eigenvalue weighted by Gasteiger charge is 2.04. The maximum absolute atomic E-state index is 11.8. The Kier molecular flexibility index (Phi) is 10.9. The van der Waals surface area contributed by atoms with Crippen molar-refractivity contribution in [2.75, 3.05) is 19.6 Å². The van der Waals surface area contributed by atoms with Crippen LogP contribution in [0.4, 0.5) is 0 Å². The molecule has 136 valence electrons. The van der Waals surface area contributed by atoms with Gasteiger partial charge < -0.3 is 16.0 Å². The molecule has 3 N–H and O–H groups in total. The predicted molar refractivity (Wildman–Crippen MR) is 116 cm³/mol. The molecule has 7 heteroatoms. The van der Waals surface area contributed by atoms with Crippen molar-refractivity contribution in [3.63, 3.8) is 0 Å². The van der Waals surface area contributed by atoms with E-state index in [-0.39, 0.29) is 29.9 Å². The van der Waals surface area contributed by atoms with Gasteiger partial charge in [-0.1, -0.05) is 36.4 Å². The molecule has 1 aromatic heterocycles. The number of benzene rings is 1. The van der Waals surface area contributed by atoms with Crippen LogP contribution in [0.1, 0.15) is 28.6 Å². The number of hydrogen-bond donors (Lipinski definition) is 3. The van der Waals surface area contributed by atoms with E-state index in [1.807, 2.05) is 42.6 Å². The molecule has 25 heavy (non-hydrogen) atoms. The van der Waals surface area contributed by atoms with Crippen LogP contribution in [0.2, 0.25) is 0 Å². The van der Waals surface area contributed by atoms with Crippen LogP contribution in [0.3, 0.4) is 0 Å². The molecule has 0 aliphatic heterocycles. The summed E-state index contributed by atoms with van der Waals surface area (Å²) < 4.78 is 0. The van der Waals surface area contributed by atoms with Crippen molar-refractivity contribution in [1.82, 2.24) is 16.0 Å². The van der Waals surface area contributed by atoms with E-state index in [2.05, 4.69) is 33.1 Å². The van der Waals surface area contributed by atoms with Crippen LogP contribution >= 0.6 is 35.3 Å². The minimum Gasteiger partial charge on any atom is -0.357 e. The van der Waals surface area contributed by atoms with Crippen LogP contribution in [-0.4, -0.2) is 31.5 Å². The lowest BCUT2D eigenvalue weighted by Crippen LogP contribution is -2.38. The largest absolute Gasteiger partial charge is 0.357 e. The first kappa shape index (κ1) is 21.4. The normalized spacial score (nSPS) is 10.7. The average Bonchev–Trinajstić information content (AvgIpc) is 3.15. The molecule has 0 aliphatic rings. The fourth-order valence-corrected chi connectivity index (χ4v) is 2.73. The van der Waals surface area contributed by atoms with Gasteiger partial charge in [0.05, 0.1) is 11.4 Å². The zero-order valence-electron chi connectivity index (χ0n) is 14.3. The standard InChI is InChI=1S/C18H24N4OS.HI/c1-2-19-18(22-14-15-8-4-3-5-9-15)21-12-7-11-20-17(23)16-10-6-13-24-16;/h3-6,8-10,13H,2,7,11-12,14H2,1H3,(H,20,23)(H2,19,21,22);1H. The van der Waals surface area contributed by atoms with Gasteiger partial charge in [-0.05, 0) is 30.4 Å². The monoisotopic (exact) mass is 472 g/mol. The van der Waals surface area contributed by atoms with Crippen molar-refractivity contribution in [3.05, 3.63) is 58.3 Å². The first-order valence-electron chi connectivity index (χ1n) is 8.17. The number of carbonyl (C=O) groups excluding carboxylic acids is 1. The number of hydrogen-bond acceptors (Lipinski definition) is 3. The van der Waals surface area contributed by atoms with Crippen molar-refractivity contribution in [1.29, 1.82) is 0 Å². The minimum atomic E-state index is -0.00495. The van der Waals surface area contributed by atoms with Crippen molar-refractivity contribution in [3.8, 4) is 0 Å². The van der Waals surface area contributed by atoms with E-state index in [0.717, 1.165) is 30.3 Å². The molecule has 2 rings (SSSR count). The molecule has 1 heterocycles. The summed E-state index contributed by atoms with van der Waals surface area (Å²) in [6.45, 7) is 4.90. The lowest BCUT2D eigenvalue weighted by molar-refractivity contribution is 0.0957. The van der Waals surface area contributed by atoms with Gasteiger partial charge in [-0.2, -0.15) is 0 Å². The molecule has 0 fully saturated rings. The summed E-state index contributed by atoms with van der Waals surface area (Å²) in [6.07, 6.45) is 0.840. The van der Waals surface area contributed by atoms with Crippen LogP contribution in [0, 0.1) is 0 Å². The molecule has 2 aromatic rings. The molecule has 5 nitrogen and oxygen atoms in total. The van der Waals surface area contributed by atoms with Crippen molar-refractivity contribution in [2.24, 2.45) is 4.99 Å². The van der Waals surface area contributed by atoms with E-state index in [1.165, 1.54) is 16.9 Å². The third-order valence-corrected chi connectivity index (χ3v) is 4.15. The second-order valence-corrected chi connectivity index (χ2v) is 6.14. The van der Waals surface area contributed by atoms with Crippen LogP contribution in [0.25, 0.3) is 0 Å². The Morgan fingerprint density at radius 3 is 2.48 bits per heavy atom. The summed E-state index contributed by atoms with van der Waals surface area (Å²) in [5.74, 6) is 0.792. The maximum atomic E-state index is 11.8. The number of amides is 1. The molecule has 0 saturated heterocycles. The number of rotatable bonds is 8. The first-order chi connectivity index (χ1) is 11.8. The van der Waals surface area contributed by atoms with Gasteiger partial charge in [-0.25, -0.2) is 4.99 Å². The Morgan fingerprint density at radius 1 is 1.04 bits per heavy atom. The fourth-order valence-electron chi connectivity index (χ4n) is 2.09. The third-order valence-electron chi connectivity index (χ3n) is 3.28. The maximum Gasteiger partial charge on any atom is 0.261 e. The molecule has 1 aromatic carbocycles. The number of nitrogens with one attached hydrogen (secondary N) is 3. The van der Waals surface area contributed by atoms with Crippen molar-refractivity contribution < 1.29 is 4.79 Å². The molecule has 0 bridgehead atoms. The van der Waals surface area contributed by atoms with Gasteiger partial charge in [-0.15, -0.1) is 35.3 Å². The highest BCUT2D eigenvalue weighted by atomic mass is 127. The summed E-state index contributed by atoms with van der Waals surface area (Å²) in [4.78, 5) is 17.1. The SMILES string of the molecule is CCNC(=NCc1ccccc1)NCCCNC(=O)c1cccs1.I. The van der Waals surface area contributed by atoms with Gasteiger partial charge in [0.15, 0.2) is 5.96 Å². The van der Waals surface area contributed by atoms with Gasteiger partial charge >= 0.3 is 0 Å². The van der Waals surface area contributed by atoms with Crippen LogP contribution < -0.4 is 16.0 Å². The zero-order chi connectivity index (χ0) is 17.0. The van der Waals surface area contributed by atoms with Gasteiger partial charge in [0.1, 0.15) is 0 Å². The summed E-state index contributed by atoms with van der Waals surface area (Å²) in [5, 5.41) is 11.3. The Morgan fingerprint density at radius 2 is 1.80 bits per heavy atom. The first-order valence-corrected chi connectivity index (χ1v) is 9.05. The predicted octanol–water partition coefficient (Wildman–Crippen LogP) is 3.24. The van der Waals surface area contributed by atoms with Crippen LogP contribution in [0.15, 0.2) is 52.8 Å². The number of aliphatic imine (C=N–C) groups is 1. The molecule has 0 radical (unpaired) electrons. The lowest BCUT2D eigenvalue weighted by atomic mass is 10.2. The molecule has 0 unspecified atom stereocenters. The molecule has 0 aliphatic carbocycles. The summed E-state index contributed by atoms with van der Waals surface area (Å²) in [6, 6.07) is 13.9. The minimum absolute atomic E-state index is 0. The van der Waals surface area contributed by atoms with E-state index in [0.29, 0.717) is 13.1 Å². The second-order valence-electron chi connectivity index (χ2n) is 5.19. The Labute approximate surface area is 170 Å². The highest BCUT2D eigenvalue weighted by Crippen LogP contribution is 2.07. The molecule has 0 atom stereocenters. The third kappa shape index (κ3) is 8.35. The topological polar surface area (TPSA) is 65.5 Å². The summed E-state index contributed by atoms with van der Waals surface area (Å²) in [5.41, 5.74) is 1.18. The van der Waals surface area contributed by atoms with Gasteiger partial charge in [0, 0.05) is 19.6 Å². The number of guanidine groups is 1. The van der Waals surface area contributed by atoms with Gasteiger partial charge in [0.2, 0.25) is 0 Å². The lowest BCUT2D eigenvalue weighted by Gasteiger charge is -2.11. The van der Waals surface area contributed by atoms with E-state index >= 15 is 0 Å². The quantitative estimate of drug-likeness (QED) is 0.239. The molecule has 0 saturated carbocycles. The molecule has 0 spiro atoms. The van der Waals surface area contributed by atoms with E-state index in [1.54, 1.807) is 0 Å². The molecular formula is C18H25IN4OS. The molecular weight excluding hydrogens is 447 g/mol. The van der Waals surface area contributed by atoms with E-state index < -0.39 is 0 Å². The van der Waals surface area contributed by atoms with Crippen molar-refractivity contribution in [2.45, 2.75) is 19.9 Å². The Hall–Kier alpha value is -1.61. The Balaban J connectivity index is 0.00000312. The number of thiophene rings is 1. The average molecular weight is 472 g/mol. The number of carbonyl (C=O) groups is 1. The number of halogens is 1. The Bertz CT molecular complexity index is 632. The number of nitrogens with zero attached hydrogens (tertiary/aromatic N) is 1. The zero-order valence-corrected chi connectivity index (χ0v) is 17.5. The highest BCUT2D eigenvalue weighted by molar-refractivity contribution is 14.0. The van der Waals surface area contributed by atoms with Gasteiger partial charge in [-0.3, -0.25) is 4.79 Å². The van der Waals surface area contributed by atoms with E-state index in [9.17, 15) is 4.79 Å². The van der Waals surface area contributed by atoms with Crippen LogP contribution in [-0.2, 0) is 6.54 Å². The smallest absolute Gasteiger partial charge is 0.261 e. The second kappa shape index (κ2) is 12.7. The summed E-state index contributed by atoms with van der Waals surface area (Å²) in [7, 11) is 0. The van der Waals surface area contributed by atoms with Gasteiger partial charge in [0.25, 0.3) is 5.91 Å². The van der Waals surface area contributed by atoms with Crippen LogP contribution in [0.5, 0.6) is 0 Å².